The molecular formula is C18H22O4. The highest BCUT2D eigenvalue weighted by atomic mass is 16.5. The molecule has 0 saturated heterocycles. The Hall–Kier alpha value is -2.10. The molecule has 2 rings (SSSR count). The molecule has 1 aromatic rings. The van der Waals surface area contributed by atoms with Crippen molar-refractivity contribution in [3.63, 3.8) is 0 Å². The maximum atomic E-state index is 12.7. The molecule has 1 aromatic carbocycles. The molecule has 0 bridgehead atoms. The molecule has 4 heteroatoms. The van der Waals surface area contributed by atoms with Crippen molar-refractivity contribution in [2.75, 3.05) is 14.2 Å². The van der Waals surface area contributed by atoms with E-state index in [1.165, 1.54) is 14.2 Å². The fourth-order valence-corrected chi connectivity index (χ4v) is 3.20. The smallest absolute Gasteiger partial charge is 0.328 e. The lowest BCUT2D eigenvalue weighted by molar-refractivity contribution is -0.164. The van der Waals surface area contributed by atoms with Crippen LogP contribution in [0, 0.1) is 5.92 Å². The third-order valence-electron chi connectivity index (χ3n) is 4.30. The Bertz CT molecular complexity index is 531. The first-order valence-electron chi connectivity index (χ1n) is 7.57. The van der Waals surface area contributed by atoms with E-state index >= 15 is 0 Å². The number of esters is 2. The van der Waals surface area contributed by atoms with Crippen molar-refractivity contribution in [2.45, 2.75) is 31.1 Å². The Labute approximate surface area is 131 Å². The van der Waals surface area contributed by atoms with Crippen molar-refractivity contribution >= 4 is 11.9 Å². The molecule has 0 spiro atoms. The topological polar surface area (TPSA) is 52.6 Å². The van der Waals surface area contributed by atoms with Crippen LogP contribution in [0.25, 0.3) is 0 Å². The van der Waals surface area contributed by atoms with Crippen LogP contribution in [0.15, 0.2) is 42.5 Å². The molecule has 0 saturated carbocycles. The highest BCUT2D eigenvalue weighted by molar-refractivity contribution is 6.07. The molecule has 0 heterocycles. The first-order chi connectivity index (χ1) is 10.7. The monoisotopic (exact) mass is 302 g/mol. The predicted molar refractivity (Wildman–Crippen MR) is 83.3 cm³/mol. The van der Waals surface area contributed by atoms with E-state index in [0.29, 0.717) is 5.56 Å². The van der Waals surface area contributed by atoms with Crippen LogP contribution in [-0.4, -0.2) is 26.2 Å². The van der Waals surface area contributed by atoms with Crippen LogP contribution in [0.3, 0.4) is 0 Å². The maximum Gasteiger partial charge on any atom is 0.328 e. The zero-order valence-corrected chi connectivity index (χ0v) is 13.1. The van der Waals surface area contributed by atoms with Gasteiger partial charge in [-0.15, -0.1) is 0 Å². The van der Waals surface area contributed by atoms with Crippen LogP contribution in [0.1, 0.15) is 31.2 Å². The number of carbonyl (C=O) groups is 2. The lowest BCUT2D eigenvalue weighted by Gasteiger charge is -2.34. The first-order valence-corrected chi connectivity index (χ1v) is 7.57. The summed E-state index contributed by atoms with van der Waals surface area (Å²) in [6.45, 7) is 0. The molecule has 1 atom stereocenters. The lowest BCUT2D eigenvalue weighted by Crippen LogP contribution is -2.50. The molecule has 0 radical (unpaired) electrons. The maximum absolute atomic E-state index is 12.7. The van der Waals surface area contributed by atoms with E-state index in [1.807, 2.05) is 30.4 Å². The average molecular weight is 302 g/mol. The SMILES string of the molecule is COC(=O)C(C(=O)OC)(c1ccccc1)[C@@H]1C=CCCCC1. The van der Waals surface area contributed by atoms with Crippen molar-refractivity contribution in [3.8, 4) is 0 Å². The highest BCUT2D eigenvalue weighted by Gasteiger charge is 2.54. The minimum atomic E-state index is -1.44. The average Bonchev–Trinajstić information content (AvgIpc) is 2.85. The normalized spacial score (nSPS) is 18.4. The number of allylic oxidation sites excluding steroid dienone is 2. The second kappa shape index (κ2) is 7.25. The van der Waals surface area contributed by atoms with Crippen LogP contribution in [0.5, 0.6) is 0 Å². The van der Waals surface area contributed by atoms with Gasteiger partial charge in [0.25, 0.3) is 0 Å². The van der Waals surface area contributed by atoms with Crippen LogP contribution in [-0.2, 0) is 24.5 Å². The molecule has 118 valence electrons. The Morgan fingerprint density at radius 3 is 2.27 bits per heavy atom. The van der Waals surface area contributed by atoms with Gasteiger partial charge in [-0.1, -0.05) is 48.9 Å². The summed E-state index contributed by atoms with van der Waals surface area (Å²) in [5, 5.41) is 0. The second-order valence-corrected chi connectivity index (χ2v) is 5.48. The molecule has 0 unspecified atom stereocenters. The summed E-state index contributed by atoms with van der Waals surface area (Å²) in [6.07, 6.45) is 7.73. The summed E-state index contributed by atoms with van der Waals surface area (Å²) in [6, 6.07) is 9.05. The first kappa shape index (κ1) is 16.3. The third kappa shape index (κ3) is 2.78. The van der Waals surface area contributed by atoms with E-state index in [0.717, 1.165) is 25.7 Å². The minimum Gasteiger partial charge on any atom is -0.468 e. The van der Waals surface area contributed by atoms with E-state index in [-0.39, 0.29) is 5.92 Å². The Morgan fingerprint density at radius 1 is 1.05 bits per heavy atom. The standard InChI is InChI=1S/C18H22O4/c1-21-16(19)18(17(20)22-2,15-12-8-5-9-13-15)14-10-6-3-4-7-11-14/h5-6,8-10,12-14H,3-4,7,11H2,1-2H3/t14-/m1/s1. The van der Waals surface area contributed by atoms with E-state index in [9.17, 15) is 9.59 Å². The number of hydrogen-bond acceptors (Lipinski definition) is 4. The van der Waals surface area contributed by atoms with Gasteiger partial charge in [-0.05, 0) is 24.8 Å². The van der Waals surface area contributed by atoms with E-state index in [4.69, 9.17) is 9.47 Å². The Morgan fingerprint density at radius 2 is 1.68 bits per heavy atom. The molecule has 1 aliphatic carbocycles. The zero-order chi connectivity index (χ0) is 16.0. The van der Waals surface area contributed by atoms with Crippen LogP contribution in [0.4, 0.5) is 0 Å². The van der Waals surface area contributed by atoms with E-state index in [1.54, 1.807) is 12.1 Å². The predicted octanol–water partition coefficient (Wildman–Crippen LogP) is 3.02. The second-order valence-electron chi connectivity index (χ2n) is 5.48. The molecule has 0 fully saturated rings. The fraction of sp³-hybridized carbons (Fsp3) is 0.444. The van der Waals surface area contributed by atoms with Crippen molar-refractivity contribution in [3.05, 3.63) is 48.0 Å². The van der Waals surface area contributed by atoms with Gasteiger partial charge in [0.1, 0.15) is 0 Å². The van der Waals surface area contributed by atoms with Gasteiger partial charge in [0.05, 0.1) is 14.2 Å². The lowest BCUT2D eigenvalue weighted by atomic mass is 9.68. The molecule has 1 aliphatic rings. The van der Waals surface area contributed by atoms with Gasteiger partial charge in [-0.2, -0.15) is 0 Å². The van der Waals surface area contributed by atoms with Crippen molar-refractivity contribution in [1.82, 2.24) is 0 Å². The molecule has 0 aromatic heterocycles. The zero-order valence-electron chi connectivity index (χ0n) is 13.1. The number of methoxy groups -OCH3 is 2. The summed E-state index contributed by atoms with van der Waals surface area (Å²) >= 11 is 0. The van der Waals surface area contributed by atoms with Gasteiger partial charge in [0, 0.05) is 5.92 Å². The van der Waals surface area contributed by atoms with Crippen LogP contribution in [0.2, 0.25) is 0 Å². The van der Waals surface area contributed by atoms with Crippen LogP contribution < -0.4 is 0 Å². The molecule has 0 N–H and O–H groups in total. The summed E-state index contributed by atoms with van der Waals surface area (Å²) in [4.78, 5) is 25.4. The molecule has 0 amide bonds. The van der Waals surface area contributed by atoms with Crippen molar-refractivity contribution in [1.29, 1.82) is 0 Å². The number of ether oxygens (including phenoxy) is 2. The van der Waals surface area contributed by atoms with E-state index < -0.39 is 17.4 Å². The summed E-state index contributed by atoms with van der Waals surface area (Å²) in [7, 11) is 2.62. The van der Waals surface area contributed by atoms with Crippen molar-refractivity contribution < 1.29 is 19.1 Å². The van der Waals surface area contributed by atoms with Gasteiger partial charge < -0.3 is 9.47 Å². The van der Waals surface area contributed by atoms with Gasteiger partial charge in [-0.3, -0.25) is 9.59 Å². The van der Waals surface area contributed by atoms with Gasteiger partial charge in [-0.25, -0.2) is 0 Å². The van der Waals surface area contributed by atoms with Gasteiger partial charge in [0.15, 0.2) is 5.41 Å². The van der Waals surface area contributed by atoms with Crippen LogP contribution >= 0.6 is 0 Å². The number of benzene rings is 1. The minimum absolute atomic E-state index is 0.266. The summed E-state index contributed by atoms with van der Waals surface area (Å²) < 4.78 is 10.0. The third-order valence-corrected chi connectivity index (χ3v) is 4.30. The number of carbonyl (C=O) groups excluding carboxylic acids is 2. The Kier molecular flexibility index (Phi) is 5.36. The number of hydrogen-bond donors (Lipinski definition) is 0. The van der Waals surface area contributed by atoms with Gasteiger partial charge in [0.2, 0.25) is 0 Å². The van der Waals surface area contributed by atoms with E-state index in [2.05, 4.69) is 0 Å². The molecule has 0 aliphatic heterocycles. The van der Waals surface area contributed by atoms with Gasteiger partial charge >= 0.3 is 11.9 Å². The quantitative estimate of drug-likeness (QED) is 0.487. The number of rotatable bonds is 4. The summed E-state index contributed by atoms with van der Waals surface area (Å²) in [5.74, 6) is -1.40. The Balaban J connectivity index is 2.64. The largest absolute Gasteiger partial charge is 0.468 e. The highest BCUT2D eigenvalue weighted by Crippen LogP contribution is 2.40. The summed E-state index contributed by atoms with van der Waals surface area (Å²) in [5.41, 5.74) is -0.823. The van der Waals surface area contributed by atoms with Crippen molar-refractivity contribution in [2.24, 2.45) is 5.92 Å². The molecule has 4 nitrogen and oxygen atoms in total. The molecular weight excluding hydrogens is 280 g/mol. The fourth-order valence-electron chi connectivity index (χ4n) is 3.20. The molecule has 22 heavy (non-hydrogen) atoms.